The number of carbonyl (C=O) groups is 1. The molecule has 0 fully saturated rings. The SMILES string of the molecule is CCOc1ccc(NC(=O)C(C)n2cccc(C)c2=O)cc1. The molecule has 0 saturated heterocycles. The molecule has 2 aromatic rings. The maximum absolute atomic E-state index is 12.3. The van der Waals surface area contributed by atoms with Crippen LogP contribution in [0.1, 0.15) is 25.5 Å². The van der Waals surface area contributed by atoms with Crippen molar-refractivity contribution < 1.29 is 9.53 Å². The first-order valence-corrected chi connectivity index (χ1v) is 7.24. The van der Waals surface area contributed by atoms with E-state index in [4.69, 9.17) is 4.74 Å². The van der Waals surface area contributed by atoms with E-state index in [1.54, 1.807) is 56.4 Å². The minimum Gasteiger partial charge on any atom is -0.494 e. The van der Waals surface area contributed by atoms with Crippen LogP contribution in [0, 0.1) is 6.92 Å². The molecule has 5 nitrogen and oxygen atoms in total. The number of carbonyl (C=O) groups excluding carboxylic acids is 1. The topological polar surface area (TPSA) is 60.3 Å². The summed E-state index contributed by atoms with van der Waals surface area (Å²) < 4.78 is 6.78. The van der Waals surface area contributed by atoms with Crippen molar-refractivity contribution in [1.82, 2.24) is 4.57 Å². The molecule has 116 valence electrons. The first-order valence-electron chi connectivity index (χ1n) is 7.24. The van der Waals surface area contributed by atoms with E-state index in [-0.39, 0.29) is 11.5 Å². The smallest absolute Gasteiger partial charge is 0.254 e. The van der Waals surface area contributed by atoms with Gasteiger partial charge in [-0.1, -0.05) is 6.07 Å². The van der Waals surface area contributed by atoms with Gasteiger partial charge in [-0.25, -0.2) is 0 Å². The number of rotatable bonds is 5. The second kappa shape index (κ2) is 6.93. The van der Waals surface area contributed by atoms with Crippen LogP contribution >= 0.6 is 0 Å². The van der Waals surface area contributed by atoms with Crippen molar-refractivity contribution in [3.8, 4) is 5.75 Å². The van der Waals surface area contributed by atoms with Gasteiger partial charge in [0, 0.05) is 17.4 Å². The molecular formula is C17H20N2O3. The second-order valence-electron chi connectivity index (χ2n) is 5.03. The molecule has 0 bridgehead atoms. The zero-order valence-electron chi connectivity index (χ0n) is 13.0. The molecule has 5 heteroatoms. The number of nitrogens with one attached hydrogen (secondary N) is 1. The average Bonchev–Trinajstić information content (AvgIpc) is 2.51. The first kappa shape index (κ1) is 15.8. The van der Waals surface area contributed by atoms with E-state index in [9.17, 15) is 9.59 Å². The Labute approximate surface area is 129 Å². The number of pyridine rings is 1. The summed E-state index contributed by atoms with van der Waals surface area (Å²) in [5, 5.41) is 2.80. The molecule has 0 aliphatic heterocycles. The Morgan fingerprint density at radius 1 is 1.27 bits per heavy atom. The number of benzene rings is 1. The van der Waals surface area contributed by atoms with Gasteiger partial charge in [-0.2, -0.15) is 0 Å². The largest absolute Gasteiger partial charge is 0.494 e. The number of nitrogens with zero attached hydrogens (tertiary/aromatic N) is 1. The molecule has 0 spiro atoms. The van der Waals surface area contributed by atoms with Crippen LogP contribution in [0.5, 0.6) is 5.75 Å². The summed E-state index contributed by atoms with van der Waals surface area (Å²) in [6.45, 7) is 5.94. The van der Waals surface area contributed by atoms with Crippen molar-refractivity contribution in [2.45, 2.75) is 26.8 Å². The van der Waals surface area contributed by atoms with Gasteiger partial charge in [0.25, 0.3) is 5.56 Å². The fourth-order valence-electron chi connectivity index (χ4n) is 2.10. The van der Waals surface area contributed by atoms with Crippen molar-refractivity contribution in [2.24, 2.45) is 0 Å². The van der Waals surface area contributed by atoms with Gasteiger partial charge in [-0.3, -0.25) is 9.59 Å². The molecule has 0 aliphatic rings. The third-order valence-electron chi connectivity index (χ3n) is 3.39. The molecule has 0 aliphatic carbocycles. The van der Waals surface area contributed by atoms with Gasteiger partial charge in [0.2, 0.25) is 5.91 Å². The van der Waals surface area contributed by atoms with Gasteiger partial charge in [0.15, 0.2) is 0 Å². The van der Waals surface area contributed by atoms with Gasteiger partial charge >= 0.3 is 0 Å². The van der Waals surface area contributed by atoms with Gasteiger partial charge < -0.3 is 14.6 Å². The molecule has 1 aromatic heterocycles. The lowest BCUT2D eigenvalue weighted by molar-refractivity contribution is -0.118. The highest BCUT2D eigenvalue weighted by Gasteiger charge is 2.16. The van der Waals surface area contributed by atoms with Gasteiger partial charge in [0.1, 0.15) is 11.8 Å². The van der Waals surface area contributed by atoms with E-state index >= 15 is 0 Å². The Hall–Kier alpha value is -2.56. The number of hydrogen-bond acceptors (Lipinski definition) is 3. The zero-order valence-corrected chi connectivity index (χ0v) is 13.0. The van der Waals surface area contributed by atoms with Crippen LogP contribution in [0.4, 0.5) is 5.69 Å². The fraction of sp³-hybridized carbons (Fsp3) is 0.294. The average molecular weight is 300 g/mol. The Kier molecular flexibility index (Phi) is 4.99. The maximum Gasteiger partial charge on any atom is 0.254 e. The summed E-state index contributed by atoms with van der Waals surface area (Å²) in [7, 11) is 0. The number of amides is 1. The molecule has 1 N–H and O–H groups in total. The third-order valence-corrected chi connectivity index (χ3v) is 3.39. The summed E-state index contributed by atoms with van der Waals surface area (Å²) in [5.74, 6) is 0.514. The summed E-state index contributed by atoms with van der Waals surface area (Å²) in [6.07, 6.45) is 1.62. The highest BCUT2D eigenvalue weighted by molar-refractivity contribution is 5.93. The van der Waals surface area contributed by atoms with Crippen molar-refractivity contribution in [3.05, 3.63) is 58.5 Å². The lowest BCUT2D eigenvalue weighted by Gasteiger charge is -2.15. The quantitative estimate of drug-likeness (QED) is 0.923. The number of hydrogen-bond donors (Lipinski definition) is 1. The number of aromatic nitrogens is 1. The minimum atomic E-state index is -0.584. The predicted octanol–water partition coefficient (Wildman–Crippen LogP) is 2.76. The van der Waals surface area contributed by atoms with E-state index < -0.39 is 6.04 Å². The maximum atomic E-state index is 12.3. The molecule has 1 aromatic carbocycles. The highest BCUT2D eigenvalue weighted by atomic mass is 16.5. The monoisotopic (exact) mass is 300 g/mol. The van der Waals surface area contributed by atoms with Gasteiger partial charge in [-0.05, 0) is 51.1 Å². The van der Waals surface area contributed by atoms with Crippen LogP contribution in [0.25, 0.3) is 0 Å². The minimum absolute atomic E-state index is 0.156. The van der Waals surface area contributed by atoms with Crippen LogP contribution in [0.15, 0.2) is 47.4 Å². The third kappa shape index (κ3) is 3.55. The van der Waals surface area contributed by atoms with Crippen molar-refractivity contribution in [1.29, 1.82) is 0 Å². The molecule has 0 saturated carbocycles. The van der Waals surface area contributed by atoms with Crippen molar-refractivity contribution >= 4 is 11.6 Å². The van der Waals surface area contributed by atoms with E-state index in [0.29, 0.717) is 17.9 Å². The first-order chi connectivity index (χ1) is 10.5. The fourth-order valence-corrected chi connectivity index (χ4v) is 2.10. The molecule has 1 atom stereocenters. The van der Waals surface area contributed by atoms with E-state index in [1.807, 2.05) is 6.92 Å². The standard InChI is InChI=1S/C17H20N2O3/c1-4-22-15-9-7-14(8-10-15)18-16(20)13(3)19-11-5-6-12(2)17(19)21/h5-11,13H,4H2,1-3H3,(H,18,20). The predicted molar refractivity (Wildman–Crippen MR) is 86.4 cm³/mol. The number of ether oxygens (including phenoxy) is 1. The summed E-state index contributed by atoms with van der Waals surface area (Å²) in [4.78, 5) is 24.3. The number of aryl methyl sites for hydroxylation is 1. The molecule has 22 heavy (non-hydrogen) atoms. The van der Waals surface area contributed by atoms with E-state index in [1.165, 1.54) is 4.57 Å². The molecule has 1 amide bonds. The molecule has 1 heterocycles. The summed E-state index contributed by atoms with van der Waals surface area (Å²) in [6, 6.07) is 10.0. The molecule has 0 radical (unpaired) electrons. The van der Waals surface area contributed by atoms with Gasteiger partial charge in [0.05, 0.1) is 6.61 Å². The Bertz CT molecular complexity index is 705. The van der Waals surface area contributed by atoms with Crippen LogP contribution in [0.2, 0.25) is 0 Å². The second-order valence-corrected chi connectivity index (χ2v) is 5.03. The van der Waals surface area contributed by atoms with Crippen LogP contribution in [-0.2, 0) is 4.79 Å². The zero-order chi connectivity index (χ0) is 16.1. The highest BCUT2D eigenvalue weighted by Crippen LogP contribution is 2.17. The summed E-state index contributed by atoms with van der Waals surface area (Å²) in [5.41, 5.74) is 1.13. The van der Waals surface area contributed by atoms with Crippen LogP contribution in [0.3, 0.4) is 0 Å². The molecular weight excluding hydrogens is 280 g/mol. The van der Waals surface area contributed by atoms with Crippen LogP contribution in [-0.4, -0.2) is 17.1 Å². The number of anilines is 1. The Morgan fingerprint density at radius 3 is 2.59 bits per heavy atom. The lowest BCUT2D eigenvalue weighted by Crippen LogP contribution is -2.32. The molecule has 1 unspecified atom stereocenters. The van der Waals surface area contributed by atoms with Crippen molar-refractivity contribution in [3.63, 3.8) is 0 Å². The van der Waals surface area contributed by atoms with Crippen molar-refractivity contribution in [2.75, 3.05) is 11.9 Å². The van der Waals surface area contributed by atoms with Gasteiger partial charge in [-0.15, -0.1) is 0 Å². The Balaban J connectivity index is 2.11. The summed E-state index contributed by atoms with van der Waals surface area (Å²) >= 11 is 0. The normalized spacial score (nSPS) is 11.8. The Morgan fingerprint density at radius 2 is 1.95 bits per heavy atom. The van der Waals surface area contributed by atoms with E-state index in [2.05, 4.69) is 5.32 Å². The van der Waals surface area contributed by atoms with E-state index in [0.717, 1.165) is 5.75 Å². The van der Waals surface area contributed by atoms with Crippen LogP contribution < -0.4 is 15.6 Å². The molecule has 2 rings (SSSR count). The lowest BCUT2D eigenvalue weighted by atomic mass is 10.2.